The molecule has 1 aromatic carbocycles. The molecule has 1 saturated carbocycles. The molecule has 1 N–H and O–H groups in total. The number of carbonyl (C=O) groups excluding carboxylic acids is 1. The van der Waals surface area contributed by atoms with E-state index in [9.17, 15) is 4.79 Å². The molecule has 0 amide bonds. The first kappa shape index (κ1) is 10.9. The van der Waals surface area contributed by atoms with Crippen molar-refractivity contribution in [2.75, 3.05) is 0 Å². The van der Waals surface area contributed by atoms with Gasteiger partial charge in [-0.3, -0.25) is 4.79 Å². The maximum atomic E-state index is 11.5. The summed E-state index contributed by atoms with van der Waals surface area (Å²) in [7, 11) is 0. The highest BCUT2D eigenvalue weighted by molar-refractivity contribution is 5.97. The maximum absolute atomic E-state index is 11.5. The maximum Gasteiger partial charge on any atom is 0.160 e. The largest absolute Gasteiger partial charge is 0.384 e. The second-order valence-corrected chi connectivity index (χ2v) is 4.22. The molecule has 0 saturated heterocycles. The summed E-state index contributed by atoms with van der Waals surface area (Å²) in [6.45, 7) is 2.80. The molecule has 1 aliphatic rings. The van der Waals surface area contributed by atoms with E-state index in [1.165, 1.54) is 5.56 Å². The van der Waals surface area contributed by atoms with Gasteiger partial charge in [-0.15, -0.1) is 0 Å². The van der Waals surface area contributed by atoms with Crippen LogP contribution in [0.5, 0.6) is 0 Å². The van der Waals surface area contributed by atoms with Gasteiger partial charge in [0, 0.05) is 24.2 Å². The Bertz CT molecular complexity index is 406. The van der Waals surface area contributed by atoms with Crippen LogP contribution in [0.2, 0.25) is 0 Å². The summed E-state index contributed by atoms with van der Waals surface area (Å²) in [5.41, 5.74) is 3.29. The average molecular weight is 215 g/mol. The third kappa shape index (κ3) is 2.51. The van der Waals surface area contributed by atoms with Crippen LogP contribution in [0.25, 0.3) is 0 Å². The van der Waals surface area contributed by atoms with Crippen LogP contribution >= 0.6 is 0 Å². The lowest BCUT2D eigenvalue weighted by atomic mass is 10.1. The van der Waals surface area contributed by atoms with Gasteiger partial charge in [0.05, 0.1) is 0 Å². The standard InChI is InChI=1S/C14H17NO/c1-11(13-8-5-9-14(13)16)15-10-12-6-3-2-4-7-12/h2-4,6-7,15H,5,8-10H2,1H3/b13-11+. The van der Waals surface area contributed by atoms with Crippen LogP contribution in [0.3, 0.4) is 0 Å². The molecule has 2 rings (SSSR count). The fraction of sp³-hybridized carbons (Fsp3) is 0.357. The zero-order valence-electron chi connectivity index (χ0n) is 9.62. The van der Waals surface area contributed by atoms with Crippen LogP contribution in [0.4, 0.5) is 0 Å². The van der Waals surface area contributed by atoms with Crippen molar-refractivity contribution in [2.45, 2.75) is 32.7 Å². The lowest BCUT2D eigenvalue weighted by Crippen LogP contribution is -2.14. The molecule has 84 valence electrons. The minimum absolute atomic E-state index is 0.318. The van der Waals surface area contributed by atoms with E-state index in [2.05, 4.69) is 17.4 Å². The van der Waals surface area contributed by atoms with E-state index in [1.807, 2.05) is 25.1 Å². The Morgan fingerprint density at radius 3 is 2.62 bits per heavy atom. The summed E-state index contributed by atoms with van der Waals surface area (Å²) >= 11 is 0. The Morgan fingerprint density at radius 1 is 1.25 bits per heavy atom. The monoisotopic (exact) mass is 215 g/mol. The van der Waals surface area contributed by atoms with Gasteiger partial charge in [-0.25, -0.2) is 0 Å². The molecular formula is C14H17NO. The van der Waals surface area contributed by atoms with Gasteiger partial charge in [-0.2, -0.15) is 0 Å². The van der Waals surface area contributed by atoms with Crippen LogP contribution in [0, 0.1) is 0 Å². The highest BCUT2D eigenvalue weighted by Gasteiger charge is 2.19. The van der Waals surface area contributed by atoms with Gasteiger partial charge in [-0.05, 0) is 25.3 Å². The predicted octanol–water partition coefficient (Wildman–Crippen LogP) is 2.80. The molecule has 1 aliphatic carbocycles. The number of rotatable bonds is 3. The van der Waals surface area contributed by atoms with E-state index in [0.717, 1.165) is 37.1 Å². The fourth-order valence-corrected chi connectivity index (χ4v) is 2.05. The highest BCUT2D eigenvalue weighted by atomic mass is 16.1. The zero-order chi connectivity index (χ0) is 11.4. The molecule has 0 radical (unpaired) electrons. The molecule has 0 heterocycles. The third-order valence-electron chi connectivity index (χ3n) is 3.02. The number of allylic oxidation sites excluding steroid dienone is 2. The van der Waals surface area contributed by atoms with Crippen molar-refractivity contribution < 1.29 is 4.79 Å². The molecule has 1 aromatic rings. The summed E-state index contributed by atoms with van der Waals surface area (Å²) < 4.78 is 0. The summed E-state index contributed by atoms with van der Waals surface area (Å²) in [6.07, 6.45) is 2.67. The van der Waals surface area contributed by atoms with Gasteiger partial charge >= 0.3 is 0 Å². The first-order chi connectivity index (χ1) is 7.77. The third-order valence-corrected chi connectivity index (χ3v) is 3.02. The second-order valence-electron chi connectivity index (χ2n) is 4.22. The van der Waals surface area contributed by atoms with Gasteiger partial charge in [0.15, 0.2) is 5.78 Å². The smallest absolute Gasteiger partial charge is 0.160 e. The molecule has 0 spiro atoms. The summed E-state index contributed by atoms with van der Waals surface area (Å²) in [4.78, 5) is 11.5. The Balaban J connectivity index is 1.98. The molecule has 1 fully saturated rings. The quantitative estimate of drug-likeness (QED) is 0.785. The first-order valence-corrected chi connectivity index (χ1v) is 5.78. The topological polar surface area (TPSA) is 29.1 Å². The highest BCUT2D eigenvalue weighted by Crippen LogP contribution is 2.22. The lowest BCUT2D eigenvalue weighted by molar-refractivity contribution is -0.114. The number of hydrogen-bond acceptors (Lipinski definition) is 2. The number of hydrogen-bond donors (Lipinski definition) is 1. The van der Waals surface area contributed by atoms with Crippen molar-refractivity contribution in [1.29, 1.82) is 0 Å². The van der Waals surface area contributed by atoms with Gasteiger partial charge in [0.25, 0.3) is 0 Å². The van der Waals surface area contributed by atoms with Gasteiger partial charge in [0.1, 0.15) is 0 Å². The molecule has 0 unspecified atom stereocenters. The van der Waals surface area contributed by atoms with Crippen LogP contribution in [0.15, 0.2) is 41.6 Å². The van der Waals surface area contributed by atoms with E-state index < -0.39 is 0 Å². The minimum atomic E-state index is 0.318. The Morgan fingerprint density at radius 2 is 2.00 bits per heavy atom. The molecule has 0 bridgehead atoms. The first-order valence-electron chi connectivity index (χ1n) is 5.78. The SMILES string of the molecule is C/C(NCc1ccccc1)=C1/CCCC1=O. The Labute approximate surface area is 96.4 Å². The van der Waals surface area contributed by atoms with Crippen molar-refractivity contribution in [2.24, 2.45) is 0 Å². The zero-order valence-corrected chi connectivity index (χ0v) is 9.62. The van der Waals surface area contributed by atoms with E-state index in [-0.39, 0.29) is 0 Å². The molecule has 0 atom stereocenters. The van der Waals surface area contributed by atoms with Gasteiger partial charge < -0.3 is 5.32 Å². The second kappa shape index (κ2) is 4.97. The van der Waals surface area contributed by atoms with Crippen LogP contribution in [0.1, 0.15) is 31.7 Å². The molecule has 0 aromatic heterocycles. The van der Waals surface area contributed by atoms with Gasteiger partial charge in [0.2, 0.25) is 0 Å². The predicted molar refractivity (Wildman–Crippen MR) is 64.8 cm³/mol. The van der Waals surface area contributed by atoms with Crippen molar-refractivity contribution >= 4 is 5.78 Å². The lowest BCUT2D eigenvalue weighted by Gasteiger charge is -2.09. The summed E-state index contributed by atoms with van der Waals surface area (Å²) in [5.74, 6) is 0.318. The van der Waals surface area contributed by atoms with Crippen LogP contribution in [-0.4, -0.2) is 5.78 Å². The van der Waals surface area contributed by atoms with E-state index >= 15 is 0 Å². The van der Waals surface area contributed by atoms with E-state index in [0.29, 0.717) is 5.78 Å². The van der Waals surface area contributed by atoms with Crippen molar-refractivity contribution in [3.05, 3.63) is 47.2 Å². The van der Waals surface area contributed by atoms with Crippen LogP contribution < -0.4 is 5.32 Å². The van der Waals surface area contributed by atoms with E-state index in [4.69, 9.17) is 0 Å². The minimum Gasteiger partial charge on any atom is -0.384 e. The number of carbonyl (C=O) groups is 1. The Kier molecular flexibility index (Phi) is 3.40. The molecule has 0 aliphatic heterocycles. The summed E-state index contributed by atoms with van der Waals surface area (Å²) in [6, 6.07) is 10.2. The molecule has 2 nitrogen and oxygen atoms in total. The van der Waals surface area contributed by atoms with Gasteiger partial charge in [-0.1, -0.05) is 30.3 Å². The average Bonchev–Trinajstić information content (AvgIpc) is 2.74. The van der Waals surface area contributed by atoms with Crippen molar-refractivity contribution in [3.63, 3.8) is 0 Å². The van der Waals surface area contributed by atoms with Crippen LogP contribution in [-0.2, 0) is 11.3 Å². The normalized spacial score (nSPS) is 18.7. The number of Topliss-reactive ketones (excluding diaryl/α,β-unsaturated/α-hetero) is 1. The Hall–Kier alpha value is -1.57. The fourth-order valence-electron chi connectivity index (χ4n) is 2.05. The molecule has 16 heavy (non-hydrogen) atoms. The van der Waals surface area contributed by atoms with Crippen molar-refractivity contribution in [1.82, 2.24) is 5.32 Å². The number of benzene rings is 1. The molecule has 2 heteroatoms. The summed E-state index contributed by atoms with van der Waals surface area (Å²) in [5, 5.41) is 3.33. The molecular weight excluding hydrogens is 198 g/mol. The van der Waals surface area contributed by atoms with Crippen molar-refractivity contribution in [3.8, 4) is 0 Å². The van der Waals surface area contributed by atoms with E-state index in [1.54, 1.807) is 0 Å². The number of nitrogens with one attached hydrogen (secondary N) is 1. The number of ketones is 1.